The molecule has 0 fully saturated rings. The van der Waals surface area contributed by atoms with Gasteiger partial charge >= 0.3 is 0 Å². The summed E-state index contributed by atoms with van der Waals surface area (Å²) in [7, 11) is 1.57. The minimum atomic E-state index is -0.452. The fourth-order valence-corrected chi connectivity index (χ4v) is 2.75. The van der Waals surface area contributed by atoms with Gasteiger partial charge in [-0.2, -0.15) is 5.26 Å². The van der Waals surface area contributed by atoms with Crippen LogP contribution in [0.3, 0.4) is 0 Å². The maximum atomic E-state index is 12.4. The fraction of sp³-hybridized carbons (Fsp3) is 0.333. The Morgan fingerprint density at radius 2 is 1.86 bits per heavy atom. The van der Waals surface area contributed by atoms with E-state index < -0.39 is 5.91 Å². The number of benzene rings is 2. The Kier molecular flexibility index (Phi) is 8.78. The molecule has 0 unspecified atom stereocenters. The SMILES string of the molecule is CCCCCCOc1ccc(/C=C(/C#N)C(=O)Nc2ccc(C)cc2)cc1OC. The molecule has 0 aliphatic rings. The second-order valence-electron chi connectivity index (χ2n) is 6.81. The quantitative estimate of drug-likeness (QED) is 0.329. The van der Waals surface area contributed by atoms with Crippen molar-refractivity contribution < 1.29 is 14.3 Å². The summed E-state index contributed by atoms with van der Waals surface area (Å²) in [5.74, 6) is 0.779. The average Bonchev–Trinajstić information content (AvgIpc) is 2.73. The van der Waals surface area contributed by atoms with E-state index >= 15 is 0 Å². The normalized spacial score (nSPS) is 10.9. The first-order chi connectivity index (χ1) is 14.1. The zero-order valence-electron chi connectivity index (χ0n) is 17.3. The largest absolute Gasteiger partial charge is 0.493 e. The number of rotatable bonds is 10. The first-order valence-electron chi connectivity index (χ1n) is 9.88. The molecule has 5 nitrogen and oxygen atoms in total. The summed E-state index contributed by atoms with van der Waals surface area (Å²) in [4.78, 5) is 12.4. The van der Waals surface area contributed by atoms with Gasteiger partial charge in [0, 0.05) is 5.69 Å². The standard InChI is InChI=1S/C24H28N2O3/c1-4-5-6-7-14-29-22-13-10-19(16-23(22)28-3)15-20(17-25)24(27)26-21-11-8-18(2)9-12-21/h8-13,15-16H,4-7,14H2,1-3H3,(H,26,27)/b20-15-. The van der Waals surface area contributed by atoms with Gasteiger partial charge in [-0.05, 0) is 49.2 Å². The molecule has 5 heteroatoms. The number of unbranched alkanes of at least 4 members (excludes halogenated alkanes) is 3. The van der Waals surface area contributed by atoms with Crippen LogP contribution >= 0.6 is 0 Å². The Bertz CT molecular complexity index is 880. The molecule has 0 aliphatic carbocycles. The summed E-state index contributed by atoms with van der Waals surface area (Å²) < 4.78 is 11.2. The van der Waals surface area contributed by atoms with Gasteiger partial charge < -0.3 is 14.8 Å². The van der Waals surface area contributed by atoms with Crippen LogP contribution in [0.4, 0.5) is 5.69 Å². The Labute approximate surface area is 173 Å². The molecule has 1 amide bonds. The van der Waals surface area contributed by atoms with Crippen LogP contribution in [-0.4, -0.2) is 19.6 Å². The van der Waals surface area contributed by atoms with Crippen LogP contribution in [0.1, 0.15) is 43.7 Å². The van der Waals surface area contributed by atoms with E-state index in [9.17, 15) is 10.1 Å². The van der Waals surface area contributed by atoms with Crippen molar-refractivity contribution in [2.24, 2.45) is 0 Å². The van der Waals surface area contributed by atoms with E-state index in [1.165, 1.54) is 18.9 Å². The van der Waals surface area contributed by atoms with Gasteiger partial charge in [0.2, 0.25) is 0 Å². The number of amides is 1. The number of nitriles is 1. The number of nitrogens with one attached hydrogen (secondary N) is 1. The van der Waals surface area contributed by atoms with Gasteiger partial charge in [0.15, 0.2) is 11.5 Å². The van der Waals surface area contributed by atoms with E-state index in [0.717, 1.165) is 18.4 Å². The molecule has 29 heavy (non-hydrogen) atoms. The van der Waals surface area contributed by atoms with Crippen LogP contribution < -0.4 is 14.8 Å². The molecule has 0 atom stereocenters. The molecule has 152 valence electrons. The lowest BCUT2D eigenvalue weighted by molar-refractivity contribution is -0.112. The van der Waals surface area contributed by atoms with Gasteiger partial charge in [0.25, 0.3) is 5.91 Å². The van der Waals surface area contributed by atoms with Gasteiger partial charge in [-0.15, -0.1) is 0 Å². The van der Waals surface area contributed by atoms with Gasteiger partial charge in [0.05, 0.1) is 13.7 Å². The lowest BCUT2D eigenvalue weighted by Crippen LogP contribution is -2.13. The fourth-order valence-electron chi connectivity index (χ4n) is 2.75. The van der Waals surface area contributed by atoms with Crippen LogP contribution in [0.15, 0.2) is 48.0 Å². The molecule has 2 aromatic rings. The Balaban J connectivity index is 2.08. The number of methoxy groups -OCH3 is 1. The zero-order chi connectivity index (χ0) is 21.1. The summed E-state index contributed by atoms with van der Waals surface area (Å²) >= 11 is 0. The Morgan fingerprint density at radius 3 is 2.52 bits per heavy atom. The highest BCUT2D eigenvalue weighted by molar-refractivity contribution is 6.09. The number of hydrogen-bond acceptors (Lipinski definition) is 4. The van der Waals surface area contributed by atoms with Crippen molar-refractivity contribution in [3.63, 3.8) is 0 Å². The molecule has 0 spiro atoms. The minimum Gasteiger partial charge on any atom is -0.493 e. The van der Waals surface area contributed by atoms with Crippen LogP contribution in [0.25, 0.3) is 6.08 Å². The highest BCUT2D eigenvalue weighted by Gasteiger charge is 2.11. The molecule has 0 aromatic heterocycles. The molecule has 2 aromatic carbocycles. The average molecular weight is 392 g/mol. The second kappa shape index (κ2) is 11.6. The molecule has 0 radical (unpaired) electrons. The van der Waals surface area contributed by atoms with Crippen LogP contribution in [0.5, 0.6) is 11.5 Å². The number of nitrogens with zero attached hydrogens (tertiary/aromatic N) is 1. The third-order valence-electron chi connectivity index (χ3n) is 4.43. The summed E-state index contributed by atoms with van der Waals surface area (Å²) in [6.07, 6.45) is 6.06. The molecule has 0 heterocycles. The number of ether oxygens (including phenoxy) is 2. The molecule has 1 N–H and O–H groups in total. The van der Waals surface area contributed by atoms with Crippen molar-refractivity contribution in [3.05, 3.63) is 59.2 Å². The third kappa shape index (κ3) is 7.00. The molecule has 0 bridgehead atoms. The number of carbonyl (C=O) groups is 1. The van der Waals surface area contributed by atoms with E-state index in [1.54, 1.807) is 37.4 Å². The maximum Gasteiger partial charge on any atom is 0.266 e. The molecule has 2 rings (SSSR count). The van der Waals surface area contributed by atoms with Crippen molar-refractivity contribution in [1.82, 2.24) is 0 Å². The van der Waals surface area contributed by atoms with Gasteiger partial charge in [0.1, 0.15) is 11.6 Å². The molecular formula is C24H28N2O3. The molecule has 0 saturated carbocycles. The van der Waals surface area contributed by atoms with Crippen molar-refractivity contribution >= 4 is 17.7 Å². The van der Waals surface area contributed by atoms with Gasteiger partial charge in [-0.25, -0.2) is 0 Å². The summed E-state index contributed by atoms with van der Waals surface area (Å²) in [6.45, 7) is 4.78. The minimum absolute atomic E-state index is 0.0147. The van der Waals surface area contributed by atoms with Gasteiger partial charge in [-0.1, -0.05) is 49.9 Å². The van der Waals surface area contributed by atoms with Crippen molar-refractivity contribution in [1.29, 1.82) is 5.26 Å². The Hall–Kier alpha value is -3.26. The van der Waals surface area contributed by atoms with Crippen LogP contribution in [0, 0.1) is 18.3 Å². The maximum absolute atomic E-state index is 12.4. The predicted molar refractivity (Wildman–Crippen MR) is 116 cm³/mol. The number of aryl methyl sites for hydroxylation is 1. The van der Waals surface area contributed by atoms with E-state index in [1.807, 2.05) is 25.1 Å². The van der Waals surface area contributed by atoms with E-state index in [2.05, 4.69) is 12.2 Å². The third-order valence-corrected chi connectivity index (χ3v) is 4.43. The highest BCUT2D eigenvalue weighted by atomic mass is 16.5. The zero-order valence-corrected chi connectivity index (χ0v) is 17.3. The van der Waals surface area contributed by atoms with E-state index in [0.29, 0.717) is 29.4 Å². The van der Waals surface area contributed by atoms with E-state index in [-0.39, 0.29) is 5.57 Å². The molecule has 0 saturated heterocycles. The number of hydrogen-bond donors (Lipinski definition) is 1. The van der Waals surface area contributed by atoms with E-state index in [4.69, 9.17) is 9.47 Å². The van der Waals surface area contributed by atoms with Gasteiger partial charge in [-0.3, -0.25) is 4.79 Å². The summed E-state index contributed by atoms with van der Waals surface area (Å²) in [6, 6.07) is 14.7. The number of anilines is 1. The summed E-state index contributed by atoms with van der Waals surface area (Å²) in [5.41, 5.74) is 2.45. The monoisotopic (exact) mass is 392 g/mol. The first-order valence-corrected chi connectivity index (χ1v) is 9.88. The second-order valence-corrected chi connectivity index (χ2v) is 6.81. The van der Waals surface area contributed by atoms with Crippen molar-refractivity contribution in [2.45, 2.75) is 39.5 Å². The summed E-state index contributed by atoms with van der Waals surface area (Å²) in [5, 5.41) is 12.2. The predicted octanol–water partition coefficient (Wildman–Crippen LogP) is 5.51. The van der Waals surface area contributed by atoms with Crippen molar-refractivity contribution in [3.8, 4) is 17.6 Å². The van der Waals surface area contributed by atoms with Crippen LogP contribution in [0.2, 0.25) is 0 Å². The molecular weight excluding hydrogens is 364 g/mol. The van der Waals surface area contributed by atoms with Crippen molar-refractivity contribution in [2.75, 3.05) is 19.0 Å². The Morgan fingerprint density at radius 1 is 1.10 bits per heavy atom. The van der Waals surface area contributed by atoms with Crippen LogP contribution in [-0.2, 0) is 4.79 Å². The highest BCUT2D eigenvalue weighted by Crippen LogP contribution is 2.29. The lowest BCUT2D eigenvalue weighted by Gasteiger charge is -2.11. The molecule has 0 aliphatic heterocycles. The lowest BCUT2D eigenvalue weighted by atomic mass is 10.1. The first kappa shape index (κ1) is 22.0. The smallest absolute Gasteiger partial charge is 0.266 e. The number of carbonyl (C=O) groups excluding carboxylic acids is 1. The topological polar surface area (TPSA) is 71.3 Å².